The van der Waals surface area contributed by atoms with Crippen LogP contribution in [0.4, 0.5) is 5.69 Å². The van der Waals surface area contributed by atoms with Crippen LogP contribution in [-0.4, -0.2) is 54.7 Å². The molecule has 1 saturated heterocycles. The number of anilines is 1. The van der Waals surface area contributed by atoms with Crippen LogP contribution in [0.15, 0.2) is 46.9 Å². The molecule has 0 spiro atoms. The largest absolute Gasteiger partial charge is 0.492 e. The van der Waals surface area contributed by atoms with Crippen molar-refractivity contribution < 1.29 is 19.4 Å². The summed E-state index contributed by atoms with van der Waals surface area (Å²) < 4.78 is 6.61. The zero-order valence-corrected chi connectivity index (χ0v) is 17.3. The van der Waals surface area contributed by atoms with Gasteiger partial charge in [0.05, 0.1) is 23.1 Å². The van der Waals surface area contributed by atoms with Gasteiger partial charge in [0.25, 0.3) is 0 Å². The van der Waals surface area contributed by atoms with Crippen LogP contribution < -0.4 is 9.64 Å². The standard InChI is InChI=1S/C21H23BrN2O4/c1-15-5-6-19(18(22)13-15)28-12-7-20(25)24-10-8-23(9-11-24)17-4-2-3-16(14-17)21(26)27/h2-6,13-14H,7-12H2,1H3,(H,26,27). The molecule has 0 bridgehead atoms. The minimum Gasteiger partial charge on any atom is -0.492 e. The number of halogens is 1. The Kier molecular flexibility index (Phi) is 6.57. The van der Waals surface area contributed by atoms with Crippen LogP contribution in [0.5, 0.6) is 5.75 Å². The molecule has 1 fully saturated rings. The normalized spacial score (nSPS) is 14.1. The van der Waals surface area contributed by atoms with Gasteiger partial charge in [-0.15, -0.1) is 0 Å². The highest BCUT2D eigenvalue weighted by Crippen LogP contribution is 2.26. The maximum Gasteiger partial charge on any atom is 0.335 e. The minimum atomic E-state index is -0.934. The number of nitrogens with zero attached hydrogens (tertiary/aromatic N) is 2. The lowest BCUT2D eigenvalue weighted by atomic mass is 10.1. The van der Waals surface area contributed by atoms with Gasteiger partial charge < -0.3 is 19.6 Å². The van der Waals surface area contributed by atoms with Gasteiger partial charge in [0.2, 0.25) is 5.91 Å². The summed E-state index contributed by atoms with van der Waals surface area (Å²) in [5.41, 5.74) is 2.29. The first-order valence-corrected chi connectivity index (χ1v) is 9.98. The van der Waals surface area contributed by atoms with Crippen molar-refractivity contribution in [3.8, 4) is 5.75 Å². The van der Waals surface area contributed by atoms with Crippen LogP contribution in [0, 0.1) is 6.92 Å². The number of ether oxygens (including phenoxy) is 1. The second kappa shape index (κ2) is 9.10. The van der Waals surface area contributed by atoms with Crippen molar-refractivity contribution in [1.29, 1.82) is 0 Å². The Hall–Kier alpha value is -2.54. The number of carbonyl (C=O) groups excluding carboxylic acids is 1. The lowest BCUT2D eigenvalue weighted by Gasteiger charge is -2.36. The maximum absolute atomic E-state index is 12.5. The summed E-state index contributed by atoms with van der Waals surface area (Å²) in [6, 6.07) is 12.8. The van der Waals surface area contributed by atoms with E-state index in [1.807, 2.05) is 36.1 Å². The van der Waals surface area contributed by atoms with Crippen molar-refractivity contribution in [3.63, 3.8) is 0 Å². The van der Waals surface area contributed by atoms with Gasteiger partial charge in [-0.1, -0.05) is 12.1 Å². The fraction of sp³-hybridized carbons (Fsp3) is 0.333. The zero-order chi connectivity index (χ0) is 20.1. The van der Waals surface area contributed by atoms with Gasteiger partial charge >= 0.3 is 5.97 Å². The molecule has 1 heterocycles. The minimum absolute atomic E-state index is 0.0715. The van der Waals surface area contributed by atoms with Gasteiger partial charge in [-0.2, -0.15) is 0 Å². The number of hydrogen-bond donors (Lipinski definition) is 1. The average molecular weight is 447 g/mol. The molecule has 0 unspecified atom stereocenters. The van der Waals surface area contributed by atoms with E-state index in [1.54, 1.807) is 18.2 Å². The first kappa shape index (κ1) is 20.2. The molecule has 148 valence electrons. The topological polar surface area (TPSA) is 70.1 Å². The Bertz CT molecular complexity index is 863. The van der Waals surface area contributed by atoms with E-state index in [-0.39, 0.29) is 11.5 Å². The van der Waals surface area contributed by atoms with Gasteiger partial charge in [-0.25, -0.2) is 4.79 Å². The fourth-order valence-electron chi connectivity index (χ4n) is 3.18. The maximum atomic E-state index is 12.5. The predicted molar refractivity (Wildman–Crippen MR) is 111 cm³/mol. The first-order valence-electron chi connectivity index (χ1n) is 9.19. The molecule has 0 saturated carbocycles. The zero-order valence-electron chi connectivity index (χ0n) is 15.7. The second-order valence-electron chi connectivity index (χ2n) is 6.76. The van der Waals surface area contributed by atoms with E-state index in [9.17, 15) is 9.59 Å². The molecule has 28 heavy (non-hydrogen) atoms. The molecule has 2 aromatic rings. The lowest BCUT2D eigenvalue weighted by Crippen LogP contribution is -2.49. The number of carboxylic acids is 1. The Morgan fingerprint density at radius 2 is 1.86 bits per heavy atom. The molecule has 7 heteroatoms. The number of amides is 1. The van der Waals surface area contributed by atoms with Crippen LogP contribution in [0.25, 0.3) is 0 Å². The SMILES string of the molecule is Cc1ccc(OCCC(=O)N2CCN(c3cccc(C(=O)O)c3)CC2)c(Br)c1. The van der Waals surface area contributed by atoms with Crippen molar-refractivity contribution >= 4 is 33.5 Å². The molecule has 2 aromatic carbocycles. The van der Waals surface area contributed by atoms with Crippen molar-refractivity contribution in [2.45, 2.75) is 13.3 Å². The number of hydrogen-bond acceptors (Lipinski definition) is 4. The number of benzene rings is 2. The Morgan fingerprint density at radius 1 is 1.11 bits per heavy atom. The molecule has 6 nitrogen and oxygen atoms in total. The number of aryl methyl sites for hydroxylation is 1. The van der Waals surface area contributed by atoms with E-state index < -0.39 is 5.97 Å². The predicted octanol–water partition coefficient (Wildman–Crippen LogP) is 3.57. The summed E-state index contributed by atoms with van der Waals surface area (Å²) in [4.78, 5) is 27.5. The molecule has 0 aliphatic carbocycles. The third-order valence-electron chi connectivity index (χ3n) is 4.75. The highest BCUT2D eigenvalue weighted by atomic mass is 79.9. The van der Waals surface area contributed by atoms with E-state index in [4.69, 9.17) is 9.84 Å². The average Bonchev–Trinajstić information content (AvgIpc) is 2.69. The van der Waals surface area contributed by atoms with Crippen LogP contribution in [0.1, 0.15) is 22.3 Å². The molecule has 3 rings (SSSR count). The Balaban J connectivity index is 1.47. The third-order valence-corrected chi connectivity index (χ3v) is 5.37. The Labute approximate surface area is 172 Å². The third kappa shape index (κ3) is 5.04. The number of aromatic carboxylic acids is 1. The molecular formula is C21H23BrN2O4. The summed E-state index contributed by atoms with van der Waals surface area (Å²) in [6.45, 7) is 4.93. The van der Waals surface area contributed by atoms with E-state index in [0.717, 1.165) is 21.5 Å². The van der Waals surface area contributed by atoms with Crippen molar-refractivity contribution in [2.75, 3.05) is 37.7 Å². The number of carbonyl (C=O) groups is 2. The van der Waals surface area contributed by atoms with Crippen LogP contribution >= 0.6 is 15.9 Å². The second-order valence-corrected chi connectivity index (χ2v) is 7.61. The highest BCUT2D eigenvalue weighted by Gasteiger charge is 2.21. The molecule has 1 N–H and O–H groups in total. The highest BCUT2D eigenvalue weighted by molar-refractivity contribution is 9.10. The van der Waals surface area contributed by atoms with E-state index >= 15 is 0 Å². The summed E-state index contributed by atoms with van der Waals surface area (Å²) >= 11 is 3.47. The van der Waals surface area contributed by atoms with Crippen LogP contribution in [0.3, 0.4) is 0 Å². The van der Waals surface area contributed by atoms with Gasteiger partial charge in [-0.05, 0) is 58.7 Å². The summed E-state index contributed by atoms with van der Waals surface area (Å²) in [5, 5.41) is 9.13. The molecule has 1 aliphatic rings. The molecule has 1 amide bonds. The number of rotatable bonds is 6. The summed E-state index contributed by atoms with van der Waals surface area (Å²) in [6.07, 6.45) is 0.328. The fourth-order valence-corrected chi connectivity index (χ4v) is 3.79. The van der Waals surface area contributed by atoms with Gasteiger partial charge in [0.1, 0.15) is 5.75 Å². The quantitative estimate of drug-likeness (QED) is 0.734. The molecule has 0 atom stereocenters. The molecule has 0 radical (unpaired) electrons. The molecule has 0 aromatic heterocycles. The van der Waals surface area contributed by atoms with Gasteiger partial charge in [-0.3, -0.25) is 4.79 Å². The molecule has 1 aliphatic heterocycles. The Morgan fingerprint density at radius 3 is 2.54 bits per heavy atom. The van der Waals surface area contributed by atoms with E-state index in [0.29, 0.717) is 39.2 Å². The number of piperazine rings is 1. The first-order chi connectivity index (χ1) is 13.4. The summed E-state index contributed by atoms with van der Waals surface area (Å²) in [7, 11) is 0. The van der Waals surface area contributed by atoms with Gasteiger partial charge in [0, 0.05) is 31.9 Å². The lowest BCUT2D eigenvalue weighted by molar-refractivity contribution is -0.132. The monoisotopic (exact) mass is 446 g/mol. The van der Waals surface area contributed by atoms with Gasteiger partial charge in [0.15, 0.2) is 0 Å². The molecular weight excluding hydrogens is 424 g/mol. The van der Waals surface area contributed by atoms with E-state index in [2.05, 4.69) is 20.8 Å². The van der Waals surface area contributed by atoms with Crippen molar-refractivity contribution in [1.82, 2.24) is 4.90 Å². The van der Waals surface area contributed by atoms with Crippen molar-refractivity contribution in [3.05, 3.63) is 58.1 Å². The van der Waals surface area contributed by atoms with Crippen molar-refractivity contribution in [2.24, 2.45) is 0 Å². The summed E-state index contributed by atoms with van der Waals surface area (Å²) in [5.74, 6) is -0.125. The smallest absolute Gasteiger partial charge is 0.335 e. The van der Waals surface area contributed by atoms with Crippen LogP contribution in [0.2, 0.25) is 0 Å². The number of carboxylic acid groups (broad SMARTS) is 1. The van der Waals surface area contributed by atoms with Crippen LogP contribution in [-0.2, 0) is 4.79 Å². The van der Waals surface area contributed by atoms with E-state index in [1.165, 1.54) is 0 Å².